The van der Waals surface area contributed by atoms with Crippen molar-refractivity contribution >= 4 is 39.0 Å². The highest BCUT2D eigenvalue weighted by Gasteiger charge is 2.30. The molecule has 7 rings (SSSR count). The number of aryl methyl sites for hydroxylation is 2. The van der Waals surface area contributed by atoms with Gasteiger partial charge in [0.25, 0.3) is 0 Å². The van der Waals surface area contributed by atoms with Crippen molar-refractivity contribution in [2.45, 2.75) is 58.0 Å². The maximum absolute atomic E-state index is 6.45. The molecule has 0 unspecified atom stereocenters. The van der Waals surface area contributed by atoms with Crippen LogP contribution in [0.1, 0.15) is 49.1 Å². The first kappa shape index (κ1) is 28.9. The quantitative estimate of drug-likeness (QED) is 0.215. The van der Waals surface area contributed by atoms with Crippen LogP contribution < -0.4 is 11.1 Å². The Bertz CT molecular complexity index is 1740. The van der Waals surface area contributed by atoms with Crippen molar-refractivity contribution in [1.82, 2.24) is 34.5 Å². The third-order valence-electron chi connectivity index (χ3n) is 9.30. The second-order valence-corrected chi connectivity index (χ2v) is 13.4. The van der Waals surface area contributed by atoms with E-state index in [4.69, 9.17) is 15.8 Å². The molecule has 1 saturated heterocycles. The molecule has 5 aromatic rings. The van der Waals surface area contributed by atoms with E-state index in [0.29, 0.717) is 17.9 Å². The number of anilines is 3. The molecule has 3 N–H and O–H groups in total. The number of nitrogens with two attached hydrogens (primary N) is 1. The second kappa shape index (κ2) is 12.3. The Morgan fingerprint density at radius 2 is 1.66 bits per heavy atom. The number of thiazole rings is 1. The van der Waals surface area contributed by atoms with Gasteiger partial charge in [-0.25, -0.2) is 19.6 Å². The van der Waals surface area contributed by atoms with Crippen molar-refractivity contribution < 1.29 is 0 Å². The van der Waals surface area contributed by atoms with Gasteiger partial charge in [-0.3, -0.25) is 4.90 Å². The highest BCUT2D eigenvalue weighted by Crippen LogP contribution is 2.38. The molecule has 44 heavy (non-hydrogen) atoms. The Kier molecular flexibility index (Phi) is 8.05. The number of hydrogen-bond donors (Lipinski definition) is 2. The summed E-state index contributed by atoms with van der Waals surface area (Å²) in [6.45, 7) is 8.97. The first-order valence-corrected chi connectivity index (χ1v) is 16.6. The lowest BCUT2D eigenvalue weighted by Gasteiger charge is -2.41. The van der Waals surface area contributed by atoms with E-state index in [2.05, 4.69) is 99.2 Å². The summed E-state index contributed by atoms with van der Waals surface area (Å²) < 4.78 is 2.13. The molecule has 0 bridgehead atoms. The van der Waals surface area contributed by atoms with Crippen LogP contribution in [0.4, 0.5) is 16.6 Å². The predicted octanol–water partition coefficient (Wildman–Crippen LogP) is 6.54. The lowest BCUT2D eigenvalue weighted by molar-refractivity contribution is 0.0815. The van der Waals surface area contributed by atoms with Crippen LogP contribution in [-0.2, 0) is 6.42 Å². The minimum atomic E-state index is 0.311. The topological polar surface area (TPSA) is 101 Å². The van der Waals surface area contributed by atoms with Gasteiger partial charge in [0.15, 0.2) is 10.8 Å². The van der Waals surface area contributed by atoms with Gasteiger partial charge in [0.1, 0.15) is 17.8 Å². The van der Waals surface area contributed by atoms with Crippen LogP contribution in [0.5, 0.6) is 0 Å². The summed E-state index contributed by atoms with van der Waals surface area (Å²) >= 11 is 1.71. The molecular formula is C34H41N9S. The van der Waals surface area contributed by atoms with Crippen LogP contribution >= 0.6 is 11.3 Å². The summed E-state index contributed by atoms with van der Waals surface area (Å²) in [6.07, 6.45) is 7.07. The van der Waals surface area contributed by atoms with Gasteiger partial charge in [-0.1, -0.05) is 42.8 Å². The van der Waals surface area contributed by atoms with Gasteiger partial charge < -0.3 is 16.0 Å². The Labute approximate surface area is 263 Å². The van der Waals surface area contributed by atoms with Crippen LogP contribution in [0.25, 0.3) is 33.5 Å². The van der Waals surface area contributed by atoms with Crippen LogP contribution in [0.2, 0.25) is 0 Å². The number of likely N-dealkylation sites (N-methyl/N-ethyl adjacent to an activating group) is 1. The lowest BCUT2D eigenvalue weighted by Crippen LogP contribution is -2.49. The number of nitrogen functional groups attached to an aromatic ring is 1. The Hall–Kier alpha value is -3.86. The van der Waals surface area contributed by atoms with Gasteiger partial charge in [0, 0.05) is 53.9 Å². The molecule has 0 amide bonds. The average Bonchev–Trinajstić information content (AvgIpc) is 3.64. The van der Waals surface area contributed by atoms with Crippen LogP contribution in [-0.4, -0.2) is 73.8 Å². The summed E-state index contributed by atoms with van der Waals surface area (Å²) in [5.41, 5.74) is 13.6. The van der Waals surface area contributed by atoms with Gasteiger partial charge in [0.2, 0.25) is 0 Å². The largest absolute Gasteiger partial charge is 0.383 e. The molecule has 0 spiro atoms. The third kappa shape index (κ3) is 5.69. The van der Waals surface area contributed by atoms with Crippen LogP contribution in [0, 0.1) is 6.92 Å². The van der Waals surface area contributed by atoms with Crippen molar-refractivity contribution in [3.63, 3.8) is 0 Å². The summed E-state index contributed by atoms with van der Waals surface area (Å²) in [5.74, 6) is 0.475. The zero-order valence-corrected chi connectivity index (χ0v) is 26.6. The van der Waals surface area contributed by atoms with Crippen molar-refractivity contribution in [3.8, 4) is 22.5 Å². The highest BCUT2D eigenvalue weighted by atomic mass is 32.1. The van der Waals surface area contributed by atoms with Crippen molar-refractivity contribution in [3.05, 3.63) is 65.3 Å². The van der Waals surface area contributed by atoms with E-state index in [1.54, 1.807) is 17.7 Å². The average molecular weight is 608 g/mol. The number of nitrogens with one attached hydrogen (secondary N) is 1. The van der Waals surface area contributed by atoms with E-state index in [0.717, 1.165) is 76.7 Å². The fraction of sp³-hybridized carbons (Fsp3) is 0.412. The maximum Gasteiger partial charge on any atom is 0.187 e. The molecule has 1 aliphatic heterocycles. The maximum atomic E-state index is 6.45. The molecule has 10 heteroatoms. The standard InChI is InChI=1S/C34H41N9S/c1-4-28-30(24-7-5-6-22(2)20-24)39-34(44-28)38-25-10-8-23(9-11-25)31-29-32(35)36-21-37-33(29)43(40-31)27-14-12-26(13-15-27)42-18-16-41(3)17-19-42/h5-11,20-21,26-27H,4,12-19H2,1-3H3,(H,38,39)(H2,35,36,37). The van der Waals surface area contributed by atoms with E-state index in [1.165, 1.54) is 36.4 Å². The molecule has 228 valence electrons. The van der Waals surface area contributed by atoms with Crippen LogP contribution in [0.15, 0.2) is 54.9 Å². The second-order valence-electron chi connectivity index (χ2n) is 12.3. The molecule has 2 aliphatic rings. The number of piperazine rings is 1. The van der Waals surface area contributed by atoms with Crippen LogP contribution in [0.3, 0.4) is 0 Å². The SMILES string of the molecule is CCc1sc(Nc2ccc(-c3nn(C4CCC(N5CCN(C)CC5)CC4)c4ncnc(N)c34)cc2)nc1-c1cccc(C)c1. The lowest BCUT2D eigenvalue weighted by atomic mass is 9.90. The summed E-state index contributed by atoms with van der Waals surface area (Å²) in [7, 11) is 2.22. The number of aromatic nitrogens is 5. The predicted molar refractivity (Wildman–Crippen MR) is 180 cm³/mol. The fourth-order valence-corrected chi connectivity index (χ4v) is 7.75. The number of nitrogens with zero attached hydrogens (tertiary/aromatic N) is 7. The summed E-state index contributed by atoms with van der Waals surface area (Å²) in [6, 6.07) is 17.9. The molecular weight excluding hydrogens is 567 g/mol. The molecule has 2 fully saturated rings. The number of benzene rings is 2. The normalized spacial score (nSPS) is 19.9. The van der Waals surface area contributed by atoms with Gasteiger partial charge in [-0.05, 0) is 64.3 Å². The minimum Gasteiger partial charge on any atom is -0.383 e. The summed E-state index contributed by atoms with van der Waals surface area (Å²) in [5, 5.41) is 10.4. The number of rotatable bonds is 7. The Morgan fingerprint density at radius 3 is 2.39 bits per heavy atom. The zero-order chi connectivity index (χ0) is 30.2. The van der Waals surface area contributed by atoms with Gasteiger partial charge in [-0.15, -0.1) is 11.3 Å². The molecule has 2 aromatic carbocycles. The molecule has 4 heterocycles. The smallest absolute Gasteiger partial charge is 0.187 e. The molecule has 0 radical (unpaired) electrons. The van der Waals surface area contributed by atoms with Crippen molar-refractivity contribution in [1.29, 1.82) is 0 Å². The van der Waals surface area contributed by atoms with Crippen molar-refractivity contribution in [2.75, 3.05) is 44.3 Å². The van der Waals surface area contributed by atoms with E-state index in [-0.39, 0.29) is 0 Å². The molecule has 1 aliphatic carbocycles. The monoisotopic (exact) mass is 607 g/mol. The molecule has 1 saturated carbocycles. The Morgan fingerprint density at radius 1 is 0.909 bits per heavy atom. The highest BCUT2D eigenvalue weighted by molar-refractivity contribution is 7.16. The van der Waals surface area contributed by atoms with Gasteiger partial charge in [0.05, 0.1) is 17.1 Å². The van der Waals surface area contributed by atoms with Gasteiger partial charge >= 0.3 is 0 Å². The number of hydrogen-bond acceptors (Lipinski definition) is 9. The molecule has 9 nitrogen and oxygen atoms in total. The molecule has 3 aromatic heterocycles. The third-order valence-corrected chi connectivity index (χ3v) is 10.4. The van der Waals surface area contributed by atoms with E-state index >= 15 is 0 Å². The zero-order valence-electron chi connectivity index (χ0n) is 25.8. The van der Waals surface area contributed by atoms with Crippen molar-refractivity contribution in [2.24, 2.45) is 0 Å². The van der Waals surface area contributed by atoms with E-state index < -0.39 is 0 Å². The Balaban J connectivity index is 1.11. The van der Waals surface area contributed by atoms with E-state index in [9.17, 15) is 0 Å². The minimum absolute atomic E-state index is 0.311. The fourth-order valence-electron chi connectivity index (χ4n) is 6.80. The van der Waals surface area contributed by atoms with E-state index in [1.807, 2.05) is 0 Å². The first-order valence-electron chi connectivity index (χ1n) is 15.8. The summed E-state index contributed by atoms with van der Waals surface area (Å²) in [4.78, 5) is 20.4. The van der Waals surface area contributed by atoms with Gasteiger partial charge in [-0.2, -0.15) is 5.10 Å². The number of fused-ring (bicyclic) bond motifs is 1. The first-order chi connectivity index (χ1) is 21.5. The molecule has 0 atom stereocenters.